The first-order valence-corrected chi connectivity index (χ1v) is 43.6. The van der Waals surface area contributed by atoms with E-state index in [1.165, 1.54) is 87.9 Å². The zero-order valence-electron chi connectivity index (χ0n) is 72.2. The highest BCUT2D eigenvalue weighted by molar-refractivity contribution is 7.00. The normalized spacial score (nSPS) is 12.8. The molecule has 0 saturated carbocycles. The lowest BCUT2D eigenvalue weighted by atomic mass is 9.33. The van der Waals surface area contributed by atoms with Gasteiger partial charge in [0.05, 0.1) is 33.4 Å². The van der Waals surface area contributed by atoms with Crippen molar-refractivity contribution in [3.05, 3.63) is 404 Å². The molecular weight excluding hydrogens is 1480 g/mol. The highest BCUT2D eigenvalue weighted by Crippen LogP contribution is 2.56. The Morgan fingerprint density at radius 2 is 0.520 bits per heavy atom. The van der Waals surface area contributed by atoms with E-state index in [0.29, 0.717) is 0 Å². The van der Waals surface area contributed by atoms with E-state index in [1.54, 1.807) is 0 Å². The van der Waals surface area contributed by atoms with Gasteiger partial charge in [0.25, 0.3) is 6.71 Å². The van der Waals surface area contributed by atoms with Crippen LogP contribution in [0.4, 0.5) is 34.1 Å². The summed E-state index contributed by atoms with van der Waals surface area (Å²) in [4.78, 5) is 5.49. The first kappa shape index (κ1) is 76.4. The Bertz CT molecular complexity index is 7230. The molecule has 0 N–H and O–H groups in total. The average Bonchev–Trinajstić information content (AvgIpc) is 1.24. The fraction of sp³-hybridized carbons (Fsp3) is 0.136. The van der Waals surface area contributed by atoms with Gasteiger partial charge in [-0.15, -0.1) is 0 Å². The van der Waals surface area contributed by atoms with Crippen LogP contribution >= 0.6 is 0 Å². The van der Waals surface area contributed by atoms with E-state index in [1.807, 2.05) is 0 Å². The van der Waals surface area contributed by atoms with Gasteiger partial charge in [-0.25, -0.2) is 0 Å². The maximum Gasteiger partial charge on any atom is 0.252 e. The highest BCUT2D eigenvalue weighted by Gasteiger charge is 2.46. The maximum absolute atomic E-state index is 2.75. The number of nitrogens with zero attached hydrogens (tertiary/aromatic N) is 4. The number of para-hydroxylation sites is 6. The molecule has 2 aliphatic heterocycles. The molecule has 4 heterocycles. The number of rotatable bonds is 12. The van der Waals surface area contributed by atoms with Crippen molar-refractivity contribution < 1.29 is 0 Å². The molecule has 0 unspecified atom stereocenters. The van der Waals surface area contributed by atoms with Gasteiger partial charge in [0, 0.05) is 77.9 Å². The standard InChI is InChI=1S/C118H99BN4/c1-115(2,3)87-39-26-35-81(67-87)94-50-30-51-95(82-36-27-40-88(68-82)116(4,5)6)113(94)122-106-65-62-80(78-59-57-77(58-60-78)76-33-16-13-17-34-76)72-101(106)119-102-73-85(93-49-32-56-108-111(93)99-48-23-25-55-104(99)121(108)92-45-20-15-21-46-92)63-66-107(102)123(114-96(83-37-28-41-89(69-83)117(7,8)9)52-31-53-97(114)84-38-29-42-90(70-84)118(10,11)12)110-75-86(74-109(122)112(110)119)79-61-64-105-100(71-79)98-47-22-24-54-103(98)120(105)91-43-18-14-19-44-91/h13-75H,1-12H3. The van der Waals surface area contributed by atoms with Crippen molar-refractivity contribution in [2.24, 2.45) is 0 Å². The van der Waals surface area contributed by atoms with Crippen molar-refractivity contribution in [3.63, 3.8) is 0 Å². The molecule has 0 aliphatic carbocycles. The van der Waals surface area contributed by atoms with E-state index < -0.39 is 0 Å². The number of benzene rings is 17. The van der Waals surface area contributed by atoms with Crippen molar-refractivity contribution in [1.82, 2.24) is 9.13 Å². The van der Waals surface area contributed by atoms with Crippen molar-refractivity contribution in [3.8, 4) is 100 Å². The Labute approximate surface area is 724 Å². The van der Waals surface area contributed by atoms with Gasteiger partial charge in [-0.1, -0.05) is 386 Å². The zero-order valence-corrected chi connectivity index (χ0v) is 72.2. The van der Waals surface area contributed by atoms with Gasteiger partial charge in [0.2, 0.25) is 0 Å². The van der Waals surface area contributed by atoms with Gasteiger partial charge in [-0.3, -0.25) is 0 Å². The van der Waals surface area contributed by atoms with Crippen molar-refractivity contribution >= 4 is 101 Å². The van der Waals surface area contributed by atoms with E-state index in [2.05, 4.69) is 484 Å². The topological polar surface area (TPSA) is 16.3 Å². The molecule has 594 valence electrons. The summed E-state index contributed by atoms with van der Waals surface area (Å²) in [5, 5.41) is 4.82. The lowest BCUT2D eigenvalue weighted by Crippen LogP contribution is -2.61. The average molecular weight is 1580 g/mol. The summed E-state index contributed by atoms with van der Waals surface area (Å²) in [6, 6.07) is 146. The Hall–Kier alpha value is -14.0. The van der Waals surface area contributed by atoms with Crippen LogP contribution in [0.1, 0.15) is 105 Å². The number of aromatic nitrogens is 2. The van der Waals surface area contributed by atoms with E-state index in [0.717, 1.165) is 129 Å². The highest BCUT2D eigenvalue weighted by atomic mass is 15.2. The molecule has 0 amide bonds. The van der Waals surface area contributed by atoms with E-state index in [-0.39, 0.29) is 28.4 Å². The number of fused-ring (bicyclic) bond motifs is 10. The first-order valence-electron chi connectivity index (χ1n) is 43.6. The Kier molecular flexibility index (Phi) is 18.3. The van der Waals surface area contributed by atoms with Crippen LogP contribution in [-0.4, -0.2) is 15.8 Å². The first-order chi connectivity index (χ1) is 59.6. The third kappa shape index (κ3) is 13.2. The van der Waals surface area contributed by atoms with Crippen molar-refractivity contribution in [2.45, 2.75) is 105 Å². The van der Waals surface area contributed by atoms with Crippen LogP contribution in [0.3, 0.4) is 0 Å². The molecule has 4 nitrogen and oxygen atoms in total. The SMILES string of the molecule is CC(C)(C)c1cccc(-c2cccc(-c3cccc(C(C)(C)C)c3)c2N2c3ccc(-c4ccc(-c5ccccc5)cc4)cc3B3c4cc(-c5cccc6c5c5ccccc5n6-c5ccccc5)ccc4N(c4c(-c5cccc(C(C)(C)C)c5)cccc4-c4cccc(C(C)(C)C)c4)c4cc(-c5ccc6c(c5)c5ccccc5n6-c5ccccc5)cc2c43)c1. The van der Waals surface area contributed by atoms with Gasteiger partial charge in [0.15, 0.2) is 0 Å². The van der Waals surface area contributed by atoms with Crippen LogP contribution in [0.2, 0.25) is 0 Å². The van der Waals surface area contributed by atoms with E-state index in [4.69, 9.17) is 0 Å². The fourth-order valence-electron chi connectivity index (χ4n) is 19.7. The Balaban J connectivity index is 0.945. The second-order valence-corrected chi connectivity index (χ2v) is 38.1. The molecule has 0 spiro atoms. The predicted octanol–water partition coefficient (Wildman–Crippen LogP) is 30.5. The van der Waals surface area contributed by atoms with Gasteiger partial charge in [-0.2, -0.15) is 0 Å². The molecule has 0 radical (unpaired) electrons. The number of hydrogen-bond donors (Lipinski definition) is 0. The summed E-state index contributed by atoms with van der Waals surface area (Å²) in [6.45, 7) is 27.8. The molecule has 123 heavy (non-hydrogen) atoms. The molecule has 19 aromatic rings. The monoisotopic (exact) mass is 1580 g/mol. The van der Waals surface area contributed by atoms with Crippen LogP contribution in [-0.2, 0) is 21.7 Å². The smallest absolute Gasteiger partial charge is 0.252 e. The molecular formula is C118H99BN4. The number of anilines is 6. The van der Waals surface area contributed by atoms with Crippen LogP contribution < -0.4 is 26.2 Å². The van der Waals surface area contributed by atoms with E-state index >= 15 is 0 Å². The zero-order chi connectivity index (χ0) is 84.0. The second-order valence-electron chi connectivity index (χ2n) is 38.1. The summed E-state index contributed by atoms with van der Waals surface area (Å²) in [5.74, 6) is 0. The van der Waals surface area contributed by atoms with Gasteiger partial charge in [-0.05, 0) is 206 Å². The van der Waals surface area contributed by atoms with Crippen molar-refractivity contribution in [2.75, 3.05) is 9.80 Å². The molecule has 0 saturated heterocycles. The largest absolute Gasteiger partial charge is 0.310 e. The lowest BCUT2D eigenvalue weighted by molar-refractivity contribution is 0.590. The maximum atomic E-state index is 2.75. The number of hydrogen-bond acceptors (Lipinski definition) is 2. The minimum atomic E-state index is -0.352. The summed E-state index contributed by atoms with van der Waals surface area (Å²) in [5.41, 5.74) is 40.1. The van der Waals surface area contributed by atoms with Crippen LogP contribution in [0, 0.1) is 0 Å². The molecule has 0 bridgehead atoms. The predicted molar refractivity (Wildman–Crippen MR) is 527 cm³/mol. The third-order valence-electron chi connectivity index (χ3n) is 26.1. The quantitative estimate of drug-likeness (QED) is 0.113. The van der Waals surface area contributed by atoms with Crippen LogP contribution in [0.25, 0.3) is 144 Å². The third-order valence-corrected chi connectivity index (χ3v) is 26.1. The molecule has 2 aromatic heterocycles. The fourth-order valence-corrected chi connectivity index (χ4v) is 19.7. The molecule has 0 fully saturated rings. The lowest BCUT2D eigenvalue weighted by Gasteiger charge is -2.46. The minimum Gasteiger partial charge on any atom is -0.310 e. The van der Waals surface area contributed by atoms with Gasteiger partial charge < -0.3 is 18.9 Å². The molecule has 17 aromatic carbocycles. The molecule has 21 rings (SSSR count). The second kappa shape index (κ2) is 29.4. The van der Waals surface area contributed by atoms with Crippen molar-refractivity contribution in [1.29, 1.82) is 0 Å². The van der Waals surface area contributed by atoms with Crippen LogP contribution in [0.5, 0.6) is 0 Å². The summed E-state index contributed by atoms with van der Waals surface area (Å²) >= 11 is 0. The summed E-state index contributed by atoms with van der Waals surface area (Å²) < 4.78 is 4.90. The minimum absolute atomic E-state index is 0.144. The van der Waals surface area contributed by atoms with E-state index in [9.17, 15) is 0 Å². The Morgan fingerprint density at radius 3 is 0.992 bits per heavy atom. The molecule has 5 heteroatoms. The van der Waals surface area contributed by atoms with Gasteiger partial charge >= 0.3 is 0 Å². The Morgan fingerprint density at radius 1 is 0.203 bits per heavy atom. The summed E-state index contributed by atoms with van der Waals surface area (Å²) in [7, 11) is 0. The molecule has 0 atom stereocenters. The summed E-state index contributed by atoms with van der Waals surface area (Å²) in [6.07, 6.45) is 0. The van der Waals surface area contributed by atoms with Gasteiger partial charge in [0.1, 0.15) is 0 Å². The van der Waals surface area contributed by atoms with Crippen LogP contribution in [0.15, 0.2) is 382 Å². The molecule has 2 aliphatic rings.